The smallest absolute Gasteiger partial charge is 0.271 e. The van der Waals surface area contributed by atoms with E-state index in [0.29, 0.717) is 5.57 Å². The fraction of sp³-hybridized carbons (Fsp3) is 0.0588. The van der Waals surface area contributed by atoms with Gasteiger partial charge >= 0.3 is 0 Å². The molecule has 1 aromatic carbocycles. The van der Waals surface area contributed by atoms with E-state index in [4.69, 9.17) is 0 Å². The fourth-order valence-corrected chi connectivity index (χ4v) is 1.90. The minimum absolute atomic E-state index is 0.271. The zero-order valence-electron chi connectivity index (χ0n) is 11.8. The predicted molar refractivity (Wildman–Crippen MR) is 87.1 cm³/mol. The second kappa shape index (κ2) is 7.05. The number of carbonyl (C=O) groups is 1. The third-order valence-electron chi connectivity index (χ3n) is 2.86. The fourth-order valence-electron chi connectivity index (χ4n) is 1.90. The van der Waals surface area contributed by atoms with Crippen LogP contribution in [0.1, 0.15) is 12.5 Å². The first-order valence-electron chi connectivity index (χ1n) is 6.60. The summed E-state index contributed by atoms with van der Waals surface area (Å²) in [5.74, 6) is -0.271. The van der Waals surface area contributed by atoms with Gasteiger partial charge in [0, 0.05) is 17.3 Å². The van der Waals surface area contributed by atoms with Gasteiger partial charge in [-0.1, -0.05) is 30.9 Å². The van der Waals surface area contributed by atoms with Crippen molar-refractivity contribution < 1.29 is 4.79 Å². The van der Waals surface area contributed by atoms with Crippen molar-refractivity contribution in [1.82, 2.24) is 10.4 Å². The quantitative estimate of drug-likeness (QED) is 0.375. The van der Waals surface area contributed by atoms with E-state index in [1.165, 1.54) is 0 Å². The molecule has 2 aromatic rings. The SMILES string of the molecule is C=C/C=C(\C=C/C)C(=O)N/N=C/c1ccc2[nH]ccc2c1. The Hall–Kier alpha value is -2.88. The molecule has 106 valence electrons. The summed E-state index contributed by atoms with van der Waals surface area (Å²) in [5.41, 5.74) is 4.99. The Bertz CT molecular complexity index is 735. The van der Waals surface area contributed by atoms with Crippen molar-refractivity contribution in [3.63, 3.8) is 0 Å². The lowest BCUT2D eigenvalue weighted by Gasteiger charge is -2.00. The number of allylic oxidation sites excluding steroid dienone is 3. The normalized spacial score (nSPS) is 12.3. The van der Waals surface area contributed by atoms with E-state index in [1.807, 2.05) is 37.4 Å². The van der Waals surface area contributed by atoms with E-state index < -0.39 is 0 Å². The molecule has 0 aliphatic rings. The van der Waals surface area contributed by atoms with Crippen molar-refractivity contribution >= 4 is 23.0 Å². The third-order valence-corrected chi connectivity index (χ3v) is 2.86. The number of benzene rings is 1. The average molecular weight is 279 g/mol. The van der Waals surface area contributed by atoms with Crippen molar-refractivity contribution in [3.05, 3.63) is 72.5 Å². The number of nitrogens with one attached hydrogen (secondary N) is 2. The van der Waals surface area contributed by atoms with Crippen LogP contribution in [-0.4, -0.2) is 17.1 Å². The van der Waals surface area contributed by atoms with Gasteiger partial charge in [0.05, 0.1) is 6.21 Å². The highest BCUT2D eigenvalue weighted by Crippen LogP contribution is 2.12. The lowest BCUT2D eigenvalue weighted by atomic mass is 10.2. The van der Waals surface area contributed by atoms with Crippen LogP contribution in [0.25, 0.3) is 10.9 Å². The van der Waals surface area contributed by atoms with Crippen LogP contribution in [0, 0.1) is 0 Å². The summed E-state index contributed by atoms with van der Waals surface area (Å²) >= 11 is 0. The largest absolute Gasteiger partial charge is 0.361 e. The molecule has 0 saturated carbocycles. The summed E-state index contributed by atoms with van der Waals surface area (Å²) in [5, 5.41) is 5.08. The monoisotopic (exact) mass is 279 g/mol. The first kappa shape index (κ1) is 14.5. The Labute approximate surface area is 123 Å². The molecule has 0 spiro atoms. The van der Waals surface area contributed by atoms with Crippen LogP contribution in [0.2, 0.25) is 0 Å². The van der Waals surface area contributed by atoms with Crippen LogP contribution < -0.4 is 5.43 Å². The number of hydrogen-bond donors (Lipinski definition) is 2. The number of hydrogen-bond acceptors (Lipinski definition) is 2. The van der Waals surface area contributed by atoms with Crippen LogP contribution in [0.15, 0.2) is 72.0 Å². The molecule has 4 heteroatoms. The number of fused-ring (bicyclic) bond motifs is 1. The maximum atomic E-state index is 11.9. The molecule has 0 fully saturated rings. The molecule has 2 N–H and O–H groups in total. The van der Waals surface area contributed by atoms with Gasteiger partial charge in [-0.25, -0.2) is 5.43 Å². The van der Waals surface area contributed by atoms with Gasteiger partial charge in [0.15, 0.2) is 0 Å². The van der Waals surface area contributed by atoms with Gasteiger partial charge in [-0.2, -0.15) is 5.10 Å². The molecule has 4 nitrogen and oxygen atoms in total. The minimum atomic E-state index is -0.271. The average Bonchev–Trinajstić information content (AvgIpc) is 2.94. The van der Waals surface area contributed by atoms with Gasteiger partial charge in [0.1, 0.15) is 0 Å². The van der Waals surface area contributed by atoms with Gasteiger partial charge in [0.2, 0.25) is 0 Å². The summed E-state index contributed by atoms with van der Waals surface area (Å²) in [4.78, 5) is 15.0. The van der Waals surface area contributed by atoms with Crippen LogP contribution in [0.5, 0.6) is 0 Å². The Morgan fingerprint density at radius 1 is 1.38 bits per heavy atom. The predicted octanol–water partition coefficient (Wildman–Crippen LogP) is 3.31. The lowest BCUT2D eigenvalue weighted by Crippen LogP contribution is -2.18. The van der Waals surface area contributed by atoms with Crippen LogP contribution >= 0.6 is 0 Å². The first-order chi connectivity index (χ1) is 10.2. The minimum Gasteiger partial charge on any atom is -0.361 e. The van der Waals surface area contributed by atoms with Crippen molar-refractivity contribution in [2.75, 3.05) is 0 Å². The Morgan fingerprint density at radius 2 is 2.24 bits per heavy atom. The highest BCUT2D eigenvalue weighted by molar-refractivity contribution is 5.97. The molecule has 1 heterocycles. The number of amides is 1. The van der Waals surface area contributed by atoms with Crippen LogP contribution in [-0.2, 0) is 4.79 Å². The molecule has 0 saturated heterocycles. The molecule has 0 unspecified atom stereocenters. The maximum Gasteiger partial charge on any atom is 0.271 e. The number of aromatic amines is 1. The molecule has 1 amide bonds. The van der Waals surface area contributed by atoms with Crippen LogP contribution in [0.4, 0.5) is 0 Å². The van der Waals surface area contributed by atoms with Crippen molar-refractivity contribution in [2.24, 2.45) is 5.10 Å². The number of hydrazone groups is 1. The zero-order valence-corrected chi connectivity index (χ0v) is 11.8. The van der Waals surface area contributed by atoms with Crippen molar-refractivity contribution in [1.29, 1.82) is 0 Å². The van der Waals surface area contributed by atoms with E-state index >= 15 is 0 Å². The number of H-pyrrole nitrogens is 1. The van der Waals surface area contributed by atoms with Gasteiger partial charge < -0.3 is 4.98 Å². The topological polar surface area (TPSA) is 57.2 Å². The molecule has 0 aliphatic heterocycles. The summed E-state index contributed by atoms with van der Waals surface area (Å²) in [6.45, 7) is 5.43. The molecular formula is C17H17N3O. The molecule has 0 aliphatic carbocycles. The summed E-state index contributed by atoms with van der Waals surface area (Å²) in [7, 11) is 0. The summed E-state index contributed by atoms with van der Waals surface area (Å²) < 4.78 is 0. The van der Waals surface area contributed by atoms with Gasteiger partial charge in [-0.05, 0) is 42.1 Å². The Balaban J connectivity index is 2.05. The van der Waals surface area contributed by atoms with Crippen molar-refractivity contribution in [2.45, 2.75) is 6.92 Å². The summed E-state index contributed by atoms with van der Waals surface area (Å²) in [6, 6.07) is 7.89. The molecule has 0 bridgehead atoms. The Morgan fingerprint density at radius 3 is 3.00 bits per heavy atom. The third kappa shape index (κ3) is 3.79. The molecule has 21 heavy (non-hydrogen) atoms. The highest BCUT2D eigenvalue weighted by Gasteiger charge is 2.03. The van der Waals surface area contributed by atoms with Gasteiger partial charge in [-0.15, -0.1) is 0 Å². The van der Waals surface area contributed by atoms with Crippen molar-refractivity contribution in [3.8, 4) is 0 Å². The molecule has 1 aromatic heterocycles. The number of aromatic nitrogens is 1. The molecule has 0 radical (unpaired) electrons. The molecule has 2 rings (SSSR count). The Kier molecular flexibility index (Phi) is 4.88. The van der Waals surface area contributed by atoms with E-state index in [1.54, 1.807) is 30.5 Å². The van der Waals surface area contributed by atoms with E-state index in [2.05, 4.69) is 22.1 Å². The van der Waals surface area contributed by atoms with E-state index in [-0.39, 0.29) is 5.91 Å². The van der Waals surface area contributed by atoms with Crippen LogP contribution in [0.3, 0.4) is 0 Å². The van der Waals surface area contributed by atoms with E-state index in [0.717, 1.165) is 16.5 Å². The first-order valence-corrected chi connectivity index (χ1v) is 6.60. The number of rotatable bonds is 5. The lowest BCUT2D eigenvalue weighted by molar-refractivity contribution is -0.117. The second-order valence-corrected chi connectivity index (χ2v) is 4.38. The van der Waals surface area contributed by atoms with Gasteiger partial charge in [-0.3, -0.25) is 4.79 Å². The maximum absolute atomic E-state index is 11.9. The molecular weight excluding hydrogens is 262 g/mol. The zero-order chi connectivity index (χ0) is 15.1. The second-order valence-electron chi connectivity index (χ2n) is 4.38. The van der Waals surface area contributed by atoms with Gasteiger partial charge in [0.25, 0.3) is 5.91 Å². The highest BCUT2D eigenvalue weighted by atomic mass is 16.2. The number of nitrogens with zero attached hydrogens (tertiary/aromatic N) is 1. The number of carbonyl (C=O) groups excluding carboxylic acids is 1. The van der Waals surface area contributed by atoms with E-state index in [9.17, 15) is 4.79 Å². The molecule has 0 atom stereocenters. The summed E-state index contributed by atoms with van der Waals surface area (Å²) in [6.07, 6.45) is 10.2. The standard InChI is InChI=1S/C17H17N3O/c1-3-5-14(6-4-2)17(21)20-19-12-13-7-8-16-15(11-13)9-10-18-16/h3-12,18H,1H2,2H3,(H,20,21)/b6-4-,14-5+,19-12+.